The molecule has 0 radical (unpaired) electrons. The van der Waals surface area contributed by atoms with Crippen LogP contribution in [0, 0.1) is 0 Å². The quantitative estimate of drug-likeness (QED) is 0.558. The summed E-state index contributed by atoms with van der Waals surface area (Å²) in [6, 6.07) is 0. The maximum Gasteiger partial charge on any atom is 0.118 e. The van der Waals surface area contributed by atoms with Crippen LogP contribution in [0.15, 0.2) is 11.1 Å². The van der Waals surface area contributed by atoms with Crippen molar-refractivity contribution in [3.63, 3.8) is 0 Å². The van der Waals surface area contributed by atoms with Crippen LogP contribution in [0.3, 0.4) is 0 Å². The van der Waals surface area contributed by atoms with Crippen LogP contribution in [0.1, 0.15) is 20.8 Å². The molecule has 0 saturated carbocycles. The van der Waals surface area contributed by atoms with E-state index in [1.165, 1.54) is 98.2 Å². The molecule has 162 valence electrons. The highest BCUT2D eigenvalue weighted by molar-refractivity contribution is 6.43. The van der Waals surface area contributed by atoms with Gasteiger partial charge in [-0.1, -0.05) is 27.3 Å². The summed E-state index contributed by atoms with van der Waals surface area (Å²) in [5, 5.41) is 1.74. The Balaban J connectivity index is 1.80. The molecule has 28 heavy (non-hydrogen) atoms. The first-order chi connectivity index (χ1) is 13.7. The molecular weight excluding hydrogens is 364 g/mol. The molecule has 3 saturated heterocycles. The Bertz CT molecular complexity index is 463. The van der Waals surface area contributed by atoms with Crippen LogP contribution in [0.2, 0.25) is 6.55 Å². The number of piperazine rings is 3. The Morgan fingerprint density at radius 3 is 1.14 bits per heavy atom. The van der Waals surface area contributed by atoms with E-state index in [0.717, 1.165) is 0 Å². The van der Waals surface area contributed by atoms with Gasteiger partial charge in [0.05, 0.1) is 9.52 Å². The van der Waals surface area contributed by atoms with Crippen molar-refractivity contribution in [1.82, 2.24) is 29.4 Å². The fraction of sp³-hybridized carbons (Fsp3) is 0.905. The van der Waals surface area contributed by atoms with Crippen LogP contribution < -0.4 is 0 Å². The first kappa shape index (κ1) is 21.9. The normalized spacial score (nSPS) is 23.8. The smallest absolute Gasteiger partial charge is 0.118 e. The maximum atomic E-state index is 2.77. The highest BCUT2D eigenvalue weighted by Crippen LogP contribution is 2.23. The van der Waals surface area contributed by atoms with E-state index >= 15 is 0 Å². The Morgan fingerprint density at radius 2 is 0.857 bits per heavy atom. The molecule has 0 amide bonds. The standard InChI is InChI=1S/C21H44N6Si/c1-5-22-8-14-25(15-9-22)20(26-16-10-23(6-2)11-17-26)21(28-4)27-18-12-24(7-3)13-19-27/h5-19,28H2,1-4H3. The van der Waals surface area contributed by atoms with E-state index in [0.29, 0.717) is 0 Å². The second kappa shape index (κ2) is 10.9. The molecule has 3 fully saturated rings. The van der Waals surface area contributed by atoms with Crippen LogP contribution in [0.5, 0.6) is 0 Å². The van der Waals surface area contributed by atoms with Gasteiger partial charge in [-0.3, -0.25) is 0 Å². The minimum absolute atomic E-state index is 0.238. The molecule has 0 spiro atoms. The molecule has 6 nitrogen and oxygen atoms in total. The summed E-state index contributed by atoms with van der Waals surface area (Å²) in [6.07, 6.45) is 0. The predicted molar refractivity (Wildman–Crippen MR) is 122 cm³/mol. The van der Waals surface area contributed by atoms with Crippen LogP contribution >= 0.6 is 0 Å². The third kappa shape index (κ3) is 5.23. The summed E-state index contributed by atoms with van der Waals surface area (Å²) < 4.78 is 0. The van der Waals surface area contributed by atoms with E-state index in [-0.39, 0.29) is 9.52 Å². The summed E-state index contributed by atoms with van der Waals surface area (Å²) in [7, 11) is -0.238. The lowest BCUT2D eigenvalue weighted by Crippen LogP contribution is -2.55. The van der Waals surface area contributed by atoms with Gasteiger partial charge >= 0.3 is 0 Å². The van der Waals surface area contributed by atoms with Crippen molar-refractivity contribution in [2.45, 2.75) is 27.3 Å². The van der Waals surface area contributed by atoms with Gasteiger partial charge in [0.2, 0.25) is 0 Å². The Hall–Kier alpha value is -0.763. The first-order valence-corrected chi connectivity index (χ1v) is 14.0. The molecule has 3 heterocycles. The third-order valence-corrected chi connectivity index (χ3v) is 8.47. The summed E-state index contributed by atoms with van der Waals surface area (Å²) in [5.41, 5.74) is 0. The van der Waals surface area contributed by atoms with Gasteiger partial charge in [0, 0.05) is 83.9 Å². The molecule has 0 aliphatic carbocycles. The average Bonchev–Trinajstić information content (AvgIpc) is 2.78. The van der Waals surface area contributed by atoms with Crippen molar-refractivity contribution in [2.75, 3.05) is 98.2 Å². The van der Waals surface area contributed by atoms with E-state index in [4.69, 9.17) is 0 Å². The number of hydrogen-bond donors (Lipinski definition) is 0. The van der Waals surface area contributed by atoms with Gasteiger partial charge in [-0.25, -0.2) is 0 Å². The zero-order valence-electron chi connectivity index (χ0n) is 19.0. The molecular formula is C21H44N6Si. The molecule has 0 atom stereocenters. The Morgan fingerprint density at radius 1 is 0.536 bits per heavy atom. The van der Waals surface area contributed by atoms with E-state index in [1.54, 1.807) is 11.1 Å². The number of nitrogens with zero attached hydrogens (tertiary/aromatic N) is 6. The molecule has 0 aromatic rings. The van der Waals surface area contributed by atoms with E-state index in [9.17, 15) is 0 Å². The lowest BCUT2D eigenvalue weighted by Gasteiger charge is -2.47. The second-order valence-corrected chi connectivity index (χ2v) is 9.76. The summed E-state index contributed by atoms with van der Waals surface area (Å²) in [5.74, 6) is 1.63. The van der Waals surface area contributed by atoms with Crippen LogP contribution in [-0.2, 0) is 0 Å². The summed E-state index contributed by atoms with van der Waals surface area (Å²) >= 11 is 0. The fourth-order valence-corrected chi connectivity index (χ4v) is 6.50. The molecule has 3 aliphatic rings. The number of hydrogen-bond acceptors (Lipinski definition) is 6. The topological polar surface area (TPSA) is 19.4 Å². The summed E-state index contributed by atoms with van der Waals surface area (Å²) in [6.45, 7) is 27.6. The second-order valence-electron chi connectivity index (χ2n) is 8.39. The molecule has 0 bridgehead atoms. The van der Waals surface area contributed by atoms with Crippen molar-refractivity contribution < 1.29 is 0 Å². The van der Waals surface area contributed by atoms with Crippen molar-refractivity contribution in [2.24, 2.45) is 0 Å². The van der Waals surface area contributed by atoms with E-state index in [2.05, 4.69) is 56.7 Å². The zero-order chi connectivity index (χ0) is 19.9. The fourth-order valence-electron chi connectivity index (χ4n) is 4.97. The monoisotopic (exact) mass is 408 g/mol. The van der Waals surface area contributed by atoms with Gasteiger partial charge in [-0.2, -0.15) is 0 Å². The van der Waals surface area contributed by atoms with Crippen molar-refractivity contribution in [3.05, 3.63) is 11.1 Å². The highest BCUT2D eigenvalue weighted by Gasteiger charge is 2.29. The third-order valence-electron chi connectivity index (χ3n) is 7.03. The first-order valence-electron chi connectivity index (χ1n) is 11.8. The highest BCUT2D eigenvalue weighted by atomic mass is 28.2. The molecule has 0 unspecified atom stereocenters. The molecule has 3 aliphatic heterocycles. The van der Waals surface area contributed by atoms with Gasteiger partial charge < -0.3 is 29.4 Å². The molecule has 3 rings (SSSR count). The predicted octanol–water partition coefficient (Wildman–Crippen LogP) is 0.242. The SMILES string of the molecule is CCN1CCN(C([SiH2]C)=C(N2CCN(CC)CC2)N2CCN(CC)CC2)CC1. The van der Waals surface area contributed by atoms with Crippen LogP contribution in [0.25, 0.3) is 0 Å². The molecule has 7 heteroatoms. The van der Waals surface area contributed by atoms with Crippen molar-refractivity contribution in [1.29, 1.82) is 0 Å². The average molecular weight is 409 g/mol. The van der Waals surface area contributed by atoms with Gasteiger partial charge in [0.15, 0.2) is 0 Å². The van der Waals surface area contributed by atoms with E-state index < -0.39 is 0 Å². The maximum absolute atomic E-state index is 2.77. The van der Waals surface area contributed by atoms with Gasteiger partial charge in [-0.05, 0) is 19.6 Å². The largest absolute Gasteiger partial charge is 0.373 e. The van der Waals surface area contributed by atoms with Crippen LogP contribution in [-0.4, -0.2) is 137 Å². The minimum Gasteiger partial charge on any atom is -0.373 e. The van der Waals surface area contributed by atoms with Gasteiger partial charge in [0.25, 0.3) is 0 Å². The van der Waals surface area contributed by atoms with Gasteiger partial charge in [0.1, 0.15) is 5.82 Å². The lowest BCUT2D eigenvalue weighted by atomic mass is 10.2. The molecule has 0 aromatic heterocycles. The van der Waals surface area contributed by atoms with Crippen molar-refractivity contribution >= 4 is 9.52 Å². The number of likely N-dealkylation sites (N-methyl/N-ethyl adjacent to an activating group) is 3. The lowest BCUT2D eigenvalue weighted by molar-refractivity contribution is 0.0859. The minimum atomic E-state index is -0.238. The zero-order valence-corrected chi connectivity index (χ0v) is 20.4. The molecule has 0 N–H and O–H groups in total. The Kier molecular flexibility index (Phi) is 8.50. The van der Waals surface area contributed by atoms with Crippen LogP contribution in [0.4, 0.5) is 0 Å². The van der Waals surface area contributed by atoms with E-state index in [1.807, 2.05) is 0 Å². The van der Waals surface area contributed by atoms with Crippen molar-refractivity contribution in [3.8, 4) is 0 Å². The number of rotatable bonds is 7. The summed E-state index contributed by atoms with van der Waals surface area (Å²) in [4.78, 5) is 16.1. The Labute approximate surface area is 175 Å². The molecule has 0 aromatic carbocycles. The van der Waals surface area contributed by atoms with Gasteiger partial charge in [-0.15, -0.1) is 0 Å².